The van der Waals surface area contributed by atoms with Gasteiger partial charge >= 0.3 is 0 Å². The number of anilines is 1. The number of pyridine rings is 1. The summed E-state index contributed by atoms with van der Waals surface area (Å²) in [5, 5.41) is 2.00. The number of nitrogens with two attached hydrogens (primary N) is 1. The smallest absolute Gasteiger partial charge is 0.123 e. The molecule has 2 N–H and O–H groups in total. The molecule has 0 fully saturated rings. The van der Waals surface area contributed by atoms with Crippen LogP contribution in [0.4, 0.5) is 10.1 Å². The number of nitrogen functional groups attached to an aromatic ring is 1. The van der Waals surface area contributed by atoms with Gasteiger partial charge < -0.3 is 5.73 Å². The molecule has 94 valence electrons. The Balaban J connectivity index is 2.06. The van der Waals surface area contributed by atoms with Gasteiger partial charge in [-0.3, -0.25) is 4.98 Å². The third-order valence-electron chi connectivity index (χ3n) is 2.85. The van der Waals surface area contributed by atoms with Crippen LogP contribution in [0.1, 0.15) is 0 Å². The Hall–Kier alpha value is -2.07. The number of hydrogen-bond donors (Lipinski definition) is 1. The van der Waals surface area contributed by atoms with Crippen molar-refractivity contribution in [2.45, 2.75) is 9.79 Å². The molecule has 0 spiro atoms. The van der Waals surface area contributed by atoms with E-state index in [0.29, 0.717) is 0 Å². The van der Waals surface area contributed by atoms with Crippen LogP contribution in [0.15, 0.2) is 64.6 Å². The van der Waals surface area contributed by atoms with E-state index in [1.807, 2.05) is 18.2 Å². The first-order valence-electron chi connectivity index (χ1n) is 5.80. The Kier molecular flexibility index (Phi) is 3.09. The zero-order chi connectivity index (χ0) is 13.2. The normalized spacial score (nSPS) is 10.8. The number of halogens is 1. The molecule has 1 heterocycles. The molecule has 0 aliphatic carbocycles. The van der Waals surface area contributed by atoms with E-state index in [4.69, 9.17) is 5.73 Å². The molecule has 0 bridgehead atoms. The standard InChI is InChI=1S/C15H11FN2S/c16-10-1-3-11(4-2-10)19-15-6-5-14(17)12-7-8-18-9-13(12)15/h1-9H,17H2. The van der Waals surface area contributed by atoms with Gasteiger partial charge in [0, 0.05) is 38.6 Å². The molecule has 4 heteroatoms. The van der Waals surface area contributed by atoms with Crippen molar-refractivity contribution >= 4 is 28.2 Å². The van der Waals surface area contributed by atoms with E-state index < -0.39 is 0 Å². The third-order valence-corrected chi connectivity index (χ3v) is 3.94. The van der Waals surface area contributed by atoms with Gasteiger partial charge in [-0.25, -0.2) is 4.39 Å². The molecule has 0 atom stereocenters. The molecular weight excluding hydrogens is 259 g/mol. The monoisotopic (exact) mass is 270 g/mol. The van der Waals surface area contributed by atoms with Crippen LogP contribution in [0.5, 0.6) is 0 Å². The lowest BCUT2D eigenvalue weighted by atomic mass is 10.1. The van der Waals surface area contributed by atoms with Crippen molar-refractivity contribution in [2.75, 3.05) is 5.73 Å². The predicted octanol–water partition coefficient (Wildman–Crippen LogP) is 4.11. The van der Waals surface area contributed by atoms with Crippen molar-refractivity contribution in [3.63, 3.8) is 0 Å². The minimum atomic E-state index is -0.229. The van der Waals surface area contributed by atoms with Crippen molar-refractivity contribution in [1.82, 2.24) is 4.98 Å². The molecule has 0 radical (unpaired) electrons. The first kappa shape index (κ1) is 12.0. The SMILES string of the molecule is Nc1ccc(Sc2ccc(F)cc2)c2cnccc12. The molecule has 0 unspecified atom stereocenters. The van der Waals surface area contributed by atoms with Gasteiger partial charge in [0.15, 0.2) is 0 Å². The molecule has 3 aromatic rings. The van der Waals surface area contributed by atoms with Gasteiger partial charge in [0.25, 0.3) is 0 Å². The second-order valence-corrected chi connectivity index (χ2v) is 5.25. The van der Waals surface area contributed by atoms with Crippen molar-refractivity contribution < 1.29 is 4.39 Å². The lowest BCUT2D eigenvalue weighted by Crippen LogP contribution is -1.89. The van der Waals surface area contributed by atoms with Crippen LogP contribution in [-0.2, 0) is 0 Å². The fourth-order valence-electron chi connectivity index (χ4n) is 1.91. The maximum Gasteiger partial charge on any atom is 0.123 e. The van der Waals surface area contributed by atoms with Gasteiger partial charge in [-0.05, 0) is 42.5 Å². The molecular formula is C15H11FN2S. The first-order valence-corrected chi connectivity index (χ1v) is 6.61. The van der Waals surface area contributed by atoms with Gasteiger partial charge in [0.05, 0.1) is 0 Å². The van der Waals surface area contributed by atoms with Crippen LogP contribution in [0.3, 0.4) is 0 Å². The van der Waals surface area contributed by atoms with Crippen LogP contribution >= 0.6 is 11.8 Å². The highest BCUT2D eigenvalue weighted by Gasteiger charge is 2.06. The van der Waals surface area contributed by atoms with Gasteiger partial charge in [0.2, 0.25) is 0 Å². The molecule has 2 nitrogen and oxygen atoms in total. The summed E-state index contributed by atoms with van der Waals surface area (Å²) in [6, 6.07) is 12.2. The summed E-state index contributed by atoms with van der Waals surface area (Å²) in [6.45, 7) is 0. The number of rotatable bonds is 2. The van der Waals surface area contributed by atoms with Crippen molar-refractivity contribution in [1.29, 1.82) is 0 Å². The summed E-state index contributed by atoms with van der Waals surface area (Å²) in [6.07, 6.45) is 3.53. The summed E-state index contributed by atoms with van der Waals surface area (Å²) >= 11 is 1.57. The summed E-state index contributed by atoms with van der Waals surface area (Å²) in [5.74, 6) is -0.229. The number of fused-ring (bicyclic) bond motifs is 1. The zero-order valence-corrected chi connectivity index (χ0v) is 10.8. The van der Waals surface area contributed by atoms with Crippen LogP contribution in [0.2, 0.25) is 0 Å². The summed E-state index contributed by atoms with van der Waals surface area (Å²) < 4.78 is 12.9. The third kappa shape index (κ3) is 2.39. The van der Waals surface area contributed by atoms with Crippen molar-refractivity contribution in [2.24, 2.45) is 0 Å². The molecule has 3 rings (SSSR count). The van der Waals surface area contributed by atoms with E-state index in [1.54, 1.807) is 36.3 Å². The topological polar surface area (TPSA) is 38.9 Å². The van der Waals surface area contributed by atoms with Crippen molar-refractivity contribution in [3.8, 4) is 0 Å². The fourth-order valence-corrected chi connectivity index (χ4v) is 2.84. The average molecular weight is 270 g/mol. The van der Waals surface area contributed by atoms with E-state index in [-0.39, 0.29) is 5.82 Å². The van der Waals surface area contributed by atoms with Crippen molar-refractivity contribution in [3.05, 3.63) is 60.7 Å². The summed E-state index contributed by atoms with van der Waals surface area (Å²) in [5.41, 5.74) is 6.69. The average Bonchev–Trinajstić information content (AvgIpc) is 2.45. The van der Waals surface area contributed by atoms with Crippen LogP contribution < -0.4 is 5.73 Å². The molecule has 1 aromatic heterocycles. The van der Waals surface area contributed by atoms with E-state index in [9.17, 15) is 4.39 Å². The van der Waals surface area contributed by atoms with Crippen LogP contribution in [0, 0.1) is 5.82 Å². The van der Waals surface area contributed by atoms with Gasteiger partial charge in [0.1, 0.15) is 5.82 Å². The first-order chi connectivity index (χ1) is 9.24. The fraction of sp³-hybridized carbons (Fsp3) is 0. The lowest BCUT2D eigenvalue weighted by Gasteiger charge is -2.08. The highest BCUT2D eigenvalue weighted by Crippen LogP contribution is 2.35. The van der Waals surface area contributed by atoms with Gasteiger partial charge in [-0.2, -0.15) is 0 Å². The van der Waals surface area contributed by atoms with E-state index in [0.717, 1.165) is 26.3 Å². The second kappa shape index (κ2) is 4.90. The minimum Gasteiger partial charge on any atom is -0.398 e. The van der Waals surface area contributed by atoms with Crippen LogP contribution in [-0.4, -0.2) is 4.98 Å². The summed E-state index contributed by atoms with van der Waals surface area (Å²) in [7, 11) is 0. The number of nitrogens with zero attached hydrogens (tertiary/aromatic N) is 1. The Labute approximate surface area is 114 Å². The Morgan fingerprint density at radius 3 is 2.53 bits per heavy atom. The summed E-state index contributed by atoms with van der Waals surface area (Å²) in [4.78, 5) is 6.18. The maximum atomic E-state index is 12.9. The van der Waals surface area contributed by atoms with E-state index in [1.165, 1.54) is 12.1 Å². The Bertz CT molecular complexity index is 726. The molecule has 0 aliphatic rings. The molecule has 0 aliphatic heterocycles. The van der Waals surface area contributed by atoms with Gasteiger partial charge in [-0.15, -0.1) is 0 Å². The Morgan fingerprint density at radius 2 is 1.74 bits per heavy atom. The Morgan fingerprint density at radius 1 is 0.947 bits per heavy atom. The molecule has 0 saturated heterocycles. The maximum absolute atomic E-state index is 12.9. The highest BCUT2D eigenvalue weighted by atomic mass is 32.2. The number of hydrogen-bond acceptors (Lipinski definition) is 3. The molecule has 2 aromatic carbocycles. The quantitative estimate of drug-likeness (QED) is 0.712. The number of aromatic nitrogens is 1. The lowest BCUT2D eigenvalue weighted by molar-refractivity contribution is 0.626. The minimum absolute atomic E-state index is 0.229. The highest BCUT2D eigenvalue weighted by molar-refractivity contribution is 7.99. The zero-order valence-electron chi connectivity index (χ0n) is 10.0. The molecule has 0 amide bonds. The van der Waals surface area contributed by atoms with Gasteiger partial charge in [-0.1, -0.05) is 11.8 Å². The largest absolute Gasteiger partial charge is 0.398 e. The van der Waals surface area contributed by atoms with E-state index >= 15 is 0 Å². The van der Waals surface area contributed by atoms with Crippen LogP contribution in [0.25, 0.3) is 10.8 Å². The number of benzene rings is 2. The predicted molar refractivity (Wildman–Crippen MR) is 76.7 cm³/mol. The molecule has 19 heavy (non-hydrogen) atoms. The van der Waals surface area contributed by atoms with E-state index in [2.05, 4.69) is 4.98 Å². The molecule has 0 saturated carbocycles. The second-order valence-electron chi connectivity index (χ2n) is 4.13.